The third-order valence-electron chi connectivity index (χ3n) is 3.20. The summed E-state index contributed by atoms with van der Waals surface area (Å²) >= 11 is 0. The molecule has 1 aliphatic rings. The van der Waals surface area contributed by atoms with Crippen molar-refractivity contribution >= 4 is 17.6 Å². The molecule has 0 unspecified atom stereocenters. The number of carboxylic acid groups (broad SMARTS) is 1. The van der Waals surface area contributed by atoms with Crippen LogP contribution in [0.25, 0.3) is 0 Å². The molecule has 1 amide bonds. The van der Waals surface area contributed by atoms with Gasteiger partial charge in [0.15, 0.2) is 5.66 Å². The second-order valence-corrected chi connectivity index (χ2v) is 4.82. The molecule has 0 saturated heterocycles. The predicted octanol–water partition coefficient (Wildman–Crippen LogP) is 2.68. The van der Waals surface area contributed by atoms with Crippen LogP contribution in [0.15, 0.2) is 34.5 Å². The number of benzene rings is 1. The van der Waals surface area contributed by atoms with Gasteiger partial charge in [-0.15, -0.1) is 12.3 Å². The van der Waals surface area contributed by atoms with Crippen molar-refractivity contribution in [3.05, 3.63) is 29.8 Å². The van der Waals surface area contributed by atoms with Crippen molar-refractivity contribution < 1.29 is 14.7 Å². The van der Waals surface area contributed by atoms with Crippen LogP contribution in [0.5, 0.6) is 0 Å². The van der Waals surface area contributed by atoms with Gasteiger partial charge in [-0.25, -0.2) is 4.79 Å². The van der Waals surface area contributed by atoms with Gasteiger partial charge in [-0.2, -0.15) is 10.2 Å². The van der Waals surface area contributed by atoms with E-state index in [1.54, 1.807) is 12.1 Å². The number of anilines is 1. The van der Waals surface area contributed by atoms with Gasteiger partial charge in [0, 0.05) is 31.4 Å². The van der Waals surface area contributed by atoms with E-state index in [9.17, 15) is 9.59 Å². The minimum absolute atomic E-state index is 0.130. The summed E-state index contributed by atoms with van der Waals surface area (Å²) in [4.78, 5) is 22.7. The Morgan fingerprint density at radius 3 is 2.71 bits per heavy atom. The third-order valence-corrected chi connectivity index (χ3v) is 3.20. The molecule has 1 aromatic carbocycles. The van der Waals surface area contributed by atoms with Crippen LogP contribution in [-0.4, -0.2) is 22.6 Å². The van der Waals surface area contributed by atoms with Gasteiger partial charge in [0.05, 0.1) is 5.56 Å². The lowest BCUT2D eigenvalue weighted by molar-refractivity contribution is -0.116. The van der Waals surface area contributed by atoms with Crippen LogP contribution in [0.2, 0.25) is 0 Å². The summed E-state index contributed by atoms with van der Waals surface area (Å²) in [6, 6.07) is 6.11. The summed E-state index contributed by atoms with van der Waals surface area (Å²) in [5.74, 6) is 1.30. The largest absolute Gasteiger partial charge is 0.478 e. The summed E-state index contributed by atoms with van der Waals surface area (Å²) in [6.45, 7) is 0. The van der Waals surface area contributed by atoms with Crippen LogP contribution in [-0.2, 0) is 4.79 Å². The van der Waals surface area contributed by atoms with Gasteiger partial charge < -0.3 is 10.4 Å². The topological polar surface area (TPSA) is 91.1 Å². The van der Waals surface area contributed by atoms with E-state index in [0.717, 1.165) is 0 Å². The molecule has 0 radical (unpaired) electrons. The Morgan fingerprint density at radius 1 is 1.33 bits per heavy atom. The van der Waals surface area contributed by atoms with Crippen molar-refractivity contribution in [2.75, 3.05) is 5.32 Å². The van der Waals surface area contributed by atoms with E-state index in [1.165, 1.54) is 12.1 Å². The minimum Gasteiger partial charge on any atom is -0.478 e. The normalized spacial score (nSPS) is 14.2. The molecule has 6 heteroatoms. The highest BCUT2D eigenvalue weighted by molar-refractivity contribution is 5.93. The molecule has 0 fully saturated rings. The van der Waals surface area contributed by atoms with Crippen LogP contribution in [0, 0.1) is 12.3 Å². The molecule has 0 aromatic heterocycles. The first-order chi connectivity index (χ1) is 10.0. The van der Waals surface area contributed by atoms with Crippen molar-refractivity contribution in [1.82, 2.24) is 0 Å². The van der Waals surface area contributed by atoms with Crippen molar-refractivity contribution in [1.29, 1.82) is 0 Å². The highest BCUT2D eigenvalue weighted by Gasteiger charge is 2.39. The number of hydrogen-bond donors (Lipinski definition) is 2. The first-order valence-corrected chi connectivity index (χ1v) is 6.55. The van der Waals surface area contributed by atoms with Gasteiger partial charge in [0.25, 0.3) is 0 Å². The zero-order chi connectivity index (χ0) is 15.3. The van der Waals surface area contributed by atoms with E-state index in [2.05, 4.69) is 21.5 Å². The van der Waals surface area contributed by atoms with Gasteiger partial charge in [-0.05, 0) is 18.2 Å². The van der Waals surface area contributed by atoms with Crippen LogP contribution in [0.3, 0.4) is 0 Å². The highest BCUT2D eigenvalue weighted by atomic mass is 16.4. The van der Waals surface area contributed by atoms with Crippen LogP contribution >= 0.6 is 0 Å². The van der Waals surface area contributed by atoms with E-state index in [1.807, 2.05) is 0 Å². The predicted molar refractivity (Wildman–Crippen MR) is 76.9 cm³/mol. The fourth-order valence-electron chi connectivity index (χ4n) is 1.94. The van der Waals surface area contributed by atoms with E-state index >= 15 is 0 Å². The molecular formula is C15H15N3O3. The van der Waals surface area contributed by atoms with Crippen molar-refractivity contribution in [3.63, 3.8) is 0 Å². The molecular weight excluding hydrogens is 270 g/mol. The molecule has 0 atom stereocenters. The first kappa shape index (κ1) is 14.7. The summed E-state index contributed by atoms with van der Waals surface area (Å²) in [5, 5.41) is 19.5. The summed E-state index contributed by atoms with van der Waals surface area (Å²) in [7, 11) is 0. The van der Waals surface area contributed by atoms with Crippen LogP contribution in [0.4, 0.5) is 5.69 Å². The fraction of sp³-hybridized carbons (Fsp3) is 0.333. The third kappa shape index (κ3) is 4.14. The number of nitrogens with one attached hydrogen (secondary N) is 1. The maximum absolute atomic E-state index is 11.9. The number of terminal acetylenes is 1. The van der Waals surface area contributed by atoms with Gasteiger partial charge in [0.1, 0.15) is 0 Å². The Labute approximate surface area is 122 Å². The number of aromatic carboxylic acids is 1. The molecule has 1 heterocycles. The average molecular weight is 285 g/mol. The van der Waals surface area contributed by atoms with Gasteiger partial charge in [0.2, 0.25) is 5.91 Å². The number of carbonyl (C=O) groups excluding carboxylic acids is 1. The number of carboxylic acids is 1. The lowest BCUT2D eigenvalue weighted by Gasteiger charge is -2.09. The molecule has 1 aliphatic heterocycles. The molecule has 21 heavy (non-hydrogen) atoms. The van der Waals surface area contributed by atoms with Crippen LogP contribution < -0.4 is 5.32 Å². The van der Waals surface area contributed by atoms with E-state index in [0.29, 0.717) is 24.9 Å². The Balaban J connectivity index is 1.84. The van der Waals surface area contributed by atoms with Crippen molar-refractivity contribution in [3.8, 4) is 12.3 Å². The minimum atomic E-state index is -1.03. The number of carbonyl (C=O) groups is 2. The number of rotatable bonds is 7. The van der Waals surface area contributed by atoms with Gasteiger partial charge in [-0.3, -0.25) is 4.79 Å². The lowest BCUT2D eigenvalue weighted by Crippen LogP contribution is -2.17. The maximum atomic E-state index is 11.9. The fourth-order valence-corrected chi connectivity index (χ4v) is 1.94. The molecule has 0 spiro atoms. The molecule has 0 aliphatic carbocycles. The standard InChI is InChI=1S/C15H15N3O3/c1-2-3-8-15(17-18-15)9-7-13(19)16-12-6-4-5-11(10-12)14(20)21/h1,4-6,10H,3,7-9H2,(H,16,19)(H,20,21). The molecule has 1 aromatic rings. The van der Waals surface area contributed by atoms with E-state index in [4.69, 9.17) is 11.5 Å². The van der Waals surface area contributed by atoms with Gasteiger partial charge >= 0.3 is 5.97 Å². The maximum Gasteiger partial charge on any atom is 0.335 e. The summed E-state index contributed by atoms with van der Waals surface area (Å²) in [6.07, 6.45) is 7.21. The molecule has 0 bridgehead atoms. The number of nitrogens with zero attached hydrogens (tertiary/aromatic N) is 2. The second-order valence-electron chi connectivity index (χ2n) is 4.82. The molecule has 0 saturated carbocycles. The quantitative estimate of drug-likeness (QED) is 0.754. The van der Waals surface area contributed by atoms with E-state index < -0.39 is 11.6 Å². The Hall–Kier alpha value is -2.68. The molecule has 108 valence electrons. The number of hydrogen-bond acceptors (Lipinski definition) is 4. The summed E-state index contributed by atoms with van der Waals surface area (Å²) < 4.78 is 0. The molecule has 2 rings (SSSR count). The monoisotopic (exact) mass is 285 g/mol. The Kier molecular flexibility index (Phi) is 4.33. The van der Waals surface area contributed by atoms with Crippen molar-refractivity contribution in [2.45, 2.75) is 31.3 Å². The SMILES string of the molecule is C#CCCC1(CCC(=O)Nc2cccc(C(=O)O)c2)N=N1. The van der Waals surface area contributed by atoms with E-state index in [-0.39, 0.29) is 17.9 Å². The zero-order valence-corrected chi connectivity index (χ0v) is 11.4. The smallest absolute Gasteiger partial charge is 0.335 e. The molecule has 6 nitrogen and oxygen atoms in total. The highest BCUT2D eigenvalue weighted by Crippen LogP contribution is 2.37. The lowest BCUT2D eigenvalue weighted by atomic mass is 10.0. The zero-order valence-electron chi connectivity index (χ0n) is 11.4. The first-order valence-electron chi connectivity index (χ1n) is 6.55. The second kappa shape index (κ2) is 6.18. The summed E-state index contributed by atoms with van der Waals surface area (Å²) in [5.41, 5.74) is 0.111. The Bertz CT molecular complexity index is 625. The van der Waals surface area contributed by atoms with Gasteiger partial charge in [-0.1, -0.05) is 6.07 Å². The Morgan fingerprint density at radius 2 is 2.10 bits per heavy atom. The average Bonchev–Trinajstić information content (AvgIpc) is 3.24. The van der Waals surface area contributed by atoms with Crippen LogP contribution in [0.1, 0.15) is 36.0 Å². The number of amides is 1. The van der Waals surface area contributed by atoms with Crippen molar-refractivity contribution in [2.24, 2.45) is 10.2 Å². The molecule has 2 N–H and O–H groups in total.